The SMILES string of the molecule is Cc1cccc(Nc2ncnc3oc(C)c(C(=O)NCCN4CCOCC4)c23)c1. The summed E-state index contributed by atoms with van der Waals surface area (Å²) < 4.78 is 11.1. The molecule has 0 spiro atoms. The molecular formula is C21H25N5O3. The third-order valence-corrected chi connectivity index (χ3v) is 4.99. The first kappa shape index (κ1) is 19.4. The van der Waals surface area contributed by atoms with Crippen LogP contribution in [-0.4, -0.2) is 60.2 Å². The van der Waals surface area contributed by atoms with E-state index in [0.29, 0.717) is 34.8 Å². The average molecular weight is 395 g/mol. The summed E-state index contributed by atoms with van der Waals surface area (Å²) in [6.07, 6.45) is 1.43. The zero-order valence-electron chi connectivity index (χ0n) is 16.7. The van der Waals surface area contributed by atoms with Crippen LogP contribution in [0.3, 0.4) is 0 Å². The monoisotopic (exact) mass is 395 g/mol. The molecule has 2 aromatic heterocycles. The van der Waals surface area contributed by atoms with E-state index in [1.807, 2.05) is 31.2 Å². The van der Waals surface area contributed by atoms with Gasteiger partial charge in [0.1, 0.15) is 17.9 Å². The molecule has 3 aromatic rings. The zero-order chi connectivity index (χ0) is 20.2. The zero-order valence-corrected chi connectivity index (χ0v) is 16.7. The van der Waals surface area contributed by atoms with Gasteiger partial charge >= 0.3 is 0 Å². The van der Waals surface area contributed by atoms with Crippen molar-refractivity contribution in [3.05, 3.63) is 47.5 Å². The minimum Gasteiger partial charge on any atom is -0.442 e. The van der Waals surface area contributed by atoms with E-state index in [-0.39, 0.29) is 5.91 Å². The number of benzene rings is 1. The highest BCUT2D eigenvalue weighted by Crippen LogP contribution is 2.30. The number of furan rings is 1. The second-order valence-electron chi connectivity index (χ2n) is 7.14. The third-order valence-electron chi connectivity index (χ3n) is 4.99. The van der Waals surface area contributed by atoms with E-state index in [9.17, 15) is 4.79 Å². The number of hydrogen-bond acceptors (Lipinski definition) is 7. The van der Waals surface area contributed by atoms with Crippen LogP contribution in [-0.2, 0) is 4.74 Å². The van der Waals surface area contributed by atoms with Gasteiger partial charge in [-0.05, 0) is 31.5 Å². The number of rotatable bonds is 6. The molecule has 0 saturated carbocycles. The van der Waals surface area contributed by atoms with E-state index >= 15 is 0 Å². The second kappa shape index (κ2) is 8.59. The van der Waals surface area contributed by atoms with Gasteiger partial charge in [-0.25, -0.2) is 9.97 Å². The Hall–Kier alpha value is -2.97. The van der Waals surface area contributed by atoms with Crippen LogP contribution >= 0.6 is 0 Å². The Morgan fingerprint density at radius 1 is 1.21 bits per heavy atom. The van der Waals surface area contributed by atoms with Gasteiger partial charge in [-0.15, -0.1) is 0 Å². The fraction of sp³-hybridized carbons (Fsp3) is 0.381. The first-order valence-electron chi connectivity index (χ1n) is 9.78. The lowest BCUT2D eigenvalue weighted by molar-refractivity contribution is 0.0383. The average Bonchev–Trinajstić information content (AvgIpc) is 3.06. The van der Waals surface area contributed by atoms with Crippen LogP contribution < -0.4 is 10.6 Å². The van der Waals surface area contributed by atoms with E-state index in [1.54, 1.807) is 6.92 Å². The van der Waals surface area contributed by atoms with Gasteiger partial charge in [0, 0.05) is 31.9 Å². The molecule has 0 radical (unpaired) electrons. The number of anilines is 2. The maximum Gasteiger partial charge on any atom is 0.255 e. The van der Waals surface area contributed by atoms with Gasteiger partial charge in [0.05, 0.1) is 24.2 Å². The summed E-state index contributed by atoms with van der Waals surface area (Å²) in [5.74, 6) is 0.893. The summed E-state index contributed by atoms with van der Waals surface area (Å²) in [6, 6.07) is 7.96. The van der Waals surface area contributed by atoms with E-state index < -0.39 is 0 Å². The van der Waals surface area contributed by atoms with E-state index in [1.165, 1.54) is 6.33 Å². The number of nitrogens with zero attached hydrogens (tertiary/aromatic N) is 3. The molecule has 4 rings (SSSR count). The summed E-state index contributed by atoms with van der Waals surface area (Å²) in [5, 5.41) is 6.88. The van der Waals surface area contributed by atoms with E-state index in [4.69, 9.17) is 9.15 Å². The van der Waals surface area contributed by atoms with E-state index in [2.05, 4.69) is 25.5 Å². The number of carbonyl (C=O) groups is 1. The number of hydrogen-bond donors (Lipinski definition) is 2. The van der Waals surface area contributed by atoms with E-state index in [0.717, 1.165) is 44.1 Å². The third kappa shape index (κ3) is 4.38. The molecule has 0 aliphatic carbocycles. The summed E-state index contributed by atoms with van der Waals surface area (Å²) in [7, 11) is 0. The molecular weight excluding hydrogens is 370 g/mol. The predicted molar refractivity (Wildman–Crippen MR) is 111 cm³/mol. The smallest absolute Gasteiger partial charge is 0.255 e. The van der Waals surface area contributed by atoms with Crippen molar-refractivity contribution in [2.75, 3.05) is 44.7 Å². The fourth-order valence-corrected chi connectivity index (χ4v) is 3.51. The van der Waals surface area contributed by atoms with Crippen molar-refractivity contribution in [3.8, 4) is 0 Å². The quantitative estimate of drug-likeness (QED) is 0.663. The first-order valence-corrected chi connectivity index (χ1v) is 9.78. The number of nitrogens with one attached hydrogen (secondary N) is 2. The Morgan fingerprint density at radius 3 is 2.83 bits per heavy atom. The lowest BCUT2D eigenvalue weighted by atomic mass is 10.1. The lowest BCUT2D eigenvalue weighted by Crippen LogP contribution is -2.41. The minimum absolute atomic E-state index is 0.184. The maximum atomic E-state index is 12.9. The normalized spacial score (nSPS) is 14.8. The number of amides is 1. The van der Waals surface area contributed by atoms with Crippen LogP contribution in [0.5, 0.6) is 0 Å². The van der Waals surface area contributed by atoms with Crippen LogP contribution in [0.25, 0.3) is 11.1 Å². The molecule has 2 N–H and O–H groups in total. The molecule has 1 aromatic carbocycles. The van der Waals surface area contributed by atoms with Gasteiger partial charge in [0.15, 0.2) is 0 Å². The van der Waals surface area contributed by atoms with Gasteiger partial charge in [-0.2, -0.15) is 0 Å². The van der Waals surface area contributed by atoms with Crippen molar-refractivity contribution >= 4 is 28.5 Å². The number of fused-ring (bicyclic) bond motifs is 1. The largest absolute Gasteiger partial charge is 0.442 e. The minimum atomic E-state index is -0.184. The first-order chi connectivity index (χ1) is 14.1. The molecule has 0 bridgehead atoms. The molecule has 29 heavy (non-hydrogen) atoms. The van der Waals surface area contributed by atoms with Gasteiger partial charge in [-0.3, -0.25) is 9.69 Å². The Labute approximate surface area is 169 Å². The molecule has 1 aliphatic heterocycles. The van der Waals surface area contributed by atoms with Crippen LogP contribution in [0.15, 0.2) is 35.0 Å². The molecule has 1 saturated heterocycles. The fourth-order valence-electron chi connectivity index (χ4n) is 3.51. The van der Waals surface area contributed by atoms with Crippen molar-refractivity contribution in [1.29, 1.82) is 0 Å². The summed E-state index contributed by atoms with van der Waals surface area (Å²) in [6.45, 7) is 8.40. The van der Waals surface area contributed by atoms with Crippen LogP contribution in [0.2, 0.25) is 0 Å². The Morgan fingerprint density at radius 2 is 2.03 bits per heavy atom. The number of carbonyl (C=O) groups excluding carboxylic acids is 1. The Kier molecular flexibility index (Phi) is 5.73. The summed E-state index contributed by atoms with van der Waals surface area (Å²) >= 11 is 0. The standard InChI is InChI=1S/C21H25N5O3/c1-14-4-3-5-16(12-14)25-19-18-17(15(2)29-21(18)24-13-23-19)20(27)22-6-7-26-8-10-28-11-9-26/h3-5,12-13H,6-11H2,1-2H3,(H,22,27)(H,23,24,25). The molecule has 0 atom stereocenters. The highest BCUT2D eigenvalue weighted by atomic mass is 16.5. The summed E-state index contributed by atoms with van der Waals surface area (Å²) in [4.78, 5) is 23.8. The van der Waals surface area contributed by atoms with Crippen molar-refractivity contribution in [1.82, 2.24) is 20.2 Å². The molecule has 1 aliphatic rings. The number of aryl methyl sites for hydroxylation is 2. The molecule has 8 heteroatoms. The van der Waals surface area contributed by atoms with Crippen molar-refractivity contribution in [2.45, 2.75) is 13.8 Å². The van der Waals surface area contributed by atoms with Crippen molar-refractivity contribution in [3.63, 3.8) is 0 Å². The van der Waals surface area contributed by atoms with Crippen LogP contribution in [0.4, 0.5) is 11.5 Å². The van der Waals surface area contributed by atoms with Gasteiger partial charge in [0.2, 0.25) is 5.71 Å². The molecule has 152 valence electrons. The van der Waals surface area contributed by atoms with Crippen molar-refractivity contribution in [2.24, 2.45) is 0 Å². The molecule has 0 unspecified atom stereocenters. The second-order valence-corrected chi connectivity index (χ2v) is 7.14. The Bertz CT molecular complexity index is 1010. The highest BCUT2D eigenvalue weighted by molar-refractivity contribution is 6.10. The van der Waals surface area contributed by atoms with Crippen LogP contribution in [0, 0.1) is 13.8 Å². The highest BCUT2D eigenvalue weighted by Gasteiger charge is 2.23. The number of morpholine rings is 1. The van der Waals surface area contributed by atoms with Crippen LogP contribution in [0.1, 0.15) is 21.7 Å². The molecule has 3 heterocycles. The van der Waals surface area contributed by atoms with Crippen molar-refractivity contribution < 1.29 is 13.9 Å². The maximum absolute atomic E-state index is 12.9. The Balaban J connectivity index is 1.55. The van der Waals surface area contributed by atoms with Gasteiger partial charge < -0.3 is 19.8 Å². The van der Waals surface area contributed by atoms with Gasteiger partial charge in [-0.1, -0.05) is 12.1 Å². The lowest BCUT2D eigenvalue weighted by Gasteiger charge is -2.26. The molecule has 1 amide bonds. The molecule has 8 nitrogen and oxygen atoms in total. The number of ether oxygens (including phenoxy) is 1. The topological polar surface area (TPSA) is 92.5 Å². The molecule has 1 fully saturated rings. The summed E-state index contributed by atoms with van der Waals surface area (Å²) in [5.41, 5.74) is 2.89. The number of aromatic nitrogens is 2. The van der Waals surface area contributed by atoms with Gasteiger partial charge in [0.25, 0.3) is 5.91 Å². The predicted octanol–water partition coefficient (Wildman–Crippen LogP) is 2.65.